The molecule has 1 aromatic heterocycles. The van der Waals surface area contributed by atoms with Crippen molar-refractivity contribution < 1.29 is 32.9 Å². The standard InChI is InChI=1S/C25H26FNO6/c26-19-7-5-17(6-8-19)15-27-25(29)23-13-18(14-24(33-23)31-12-11-30-10-9-28)21-16-32-22-4-2-1-3-20(21)22/h1-8,13,16,18,24,28H,9-12,14-15H2,(H,27,29)/t18-,24+/m0/s1. The summed E-state index contributed by atoms with van der Waals surface area (Å²) in [4.78, 5) is 12.9. The topological polar surface area (TPSA) is 90.2 Å². The molecule has 0 bridgehead atoms. The number of carbonyl (C=O) groups excluding carboxylic acids is 1. The van der Waals surface area contributed by atoms with Crippen molar-refractivity contribution in [1.82, 2.24) is 5.32 Å². The van der Waals surface area contributed by atoms with E-state index in [1.54, 1.807) is 24.5 Å². The van der Waals surface area contributed by atoms with Gasteiger partial charge in [0.05, 0.1) is 32.7 Å². The first-order valence-electron chi connectivity index (χ1n) is 10.8. The number of para-hydroxylation sites is 1. The van der Waals surface area contributed by atoms with Crippen LogP contribution in [0, 0.1) is 5.82 Å². The molecule has 2 heterocycles. The molecule has 0 aliphatic carbocycles. The molecule has 0 saturated carbocycles. The number of nitrogens with one attached hydrogen (secondary N) is 1. The second-order valence-electron chi connectivity index (χ2n) is 7.62. The minimum absolute atomic E-state index is 0.0589. The summed E-state index contributed by atoms with van der Waals surface area (Å²) in [6, 6.07) is 13.6. The molecule has 174 valence electrons. The van der Waals surface area contributed by atoms with Gasteiger partial charge in [-0.1, -0.05) is 30.3 Å². The van der Waals surface area contributed by atoms with E-state index in [0.717, 1.165) is 22.1 Å². The van der Waals surface area contributed by atoms with Crippen molar-refractivity contribution in [3.05, 3.63) is 83.6 Å². The van der Waals surface area contributed by atoms with E-state index in [9.17, 15) is 9.18 Å². The minimum atomic E-state index is -0.655. The predicted molar refractivity (Wildman–Crippen MR) is 119 cm³/mol. The number of aliphatic hydroxyl groups is 1. The average Bonchev–Trinajstić information content (AvgIpc) is 3.27. The summed E-state index contributed by atoms with van der Waals surface area (Å²) < 4.78 is 35.7. The maximum absolute atomic E-state index is 13.1. The summed E-state index contributed by atoms with van der Waals surface area (Å²) in [6.07, 6.45) is 3.32. The van der Waals surface area contributed by atoms with Crippen LogP contribution in [0.3, 0.4) is 0 Å². The van der Waals surface area contributed by atoms with Crippen LogP contribution in [-0.2, 0) is 25.5 Å². The molecule has 4 rings (SSSR count). The zero-order chi connectivity index (χ0) is 23.0. The van der Waals surface area contributed by atoms with Gasteiger partial charge in [-0.3, -0.25) is 4.79 Å². The van der Waals surface area contributed by atoms with Crippen molar-refractivity contribution in [3.63, 3.8) is 0 Å². The fourth-order valence-corrected chi connectivity index (χ4v) is 3.70. The highest BCUT2D eigenvalue weighted by Gasteiger charge is 2.30. The van der Waals surface area contributed by atoms with E-state index in [1.807, 2.05) is 24.3 Å². The number of furan rings is 1. The first kappa shape index (κ1) is 23.0. The fourth-order valence-electron chi connectivity index (χ4n) is 3.70. The molecule has 1 aliphatic heterocycles. The van der Waals surface area contributed by atoms with Crippen molar-refractivity contribution in [2.75, 3.05) is 26.4 Å². The molecular weight excluding hydrogens is 429 g/mol. The van der Waals surface area contributed by atoms with Gasteiger partial charge in [0.25, 0.3) is 5.91 Å². The van der Waals surface area contributed by atoms with Crippen molar-refractivity contribution >= 4 is 16.9 Å². The lowest BCUT2D eigenvalue weighted by atomic mass is 9.92. The predicted octanol–water partition coefficient (Wildman–Crippen LogP) is 3.63. The Morgan fingerprint density at radius 1 is 1.12 bits per heavy atom. The number of ether oxygens (including phenoxy) is 3. The molecule has 3 aromatic rings. The summed E-state index contributed by atoms with van der Waals surface area (Å²) in [6.45, 7) is 0.968. The van der Waals surface area contributed by atoms with Crippen LogP contribution in [0.15, 0.2) is 71.0 Å². The zero-order valence-corrected chi connectivity index (χ0v) is 18.0. The molecule has 2 atom stereocenters. The Balaban J connectivity index is 1.48. The number of rotatable bonds is 10. The van der Waals surface area contributed by atoms with E-state index in [-0.39, 0.29) is 49.8 Å². The Labute approximate surface area is 190 Å². The first-order chi connectivity index (χ1) is 16.1. The SMILES string of the molecule is O=C(NCc1ccc(F)cc1)C1=C[C@H](c2coc3ccccc23)C[C@H](OCCOCCO)O1. The quantitative estimate of drug-likeness (QED) is 0.454. The fraction of sp³-hybridized carbons (Fsp3) is 0.320. The van der Waals surface area contributed by atoms with Crippen LogP contribution in [0.25, 0.3) is 11.0 Å². The Bertz CT molecular complexity index is 1090. The number of amides is 1. The van der Waals surface area contributed by atoms with Gasteiger partial charge in [0.2, 0.25) is 6.29 Å². The lowest BCUT2D eigenvalue weighted by Crippen LogP contribution is -2.33. The minimum Gasteiger partial charge on any atom is -0.464 e. The van der Waals surface area contributed by atoms with Gasteiger partial charge in [-0.2, -0.15) is 0 Å². The molecule has 0 fully saturated rings. The molecule has 2 N–H and O–H groups in total. The van der Waals surface area contributed by atoms with E-state index < -0.39 is 6.29 Å². The number of benzene rings is 2. The van der Waals surface area contributed by atoms with Crippen LogP contribution >= 0.6 is 0 Å². The number of halogens is 1. The van der Waals surface area contributed by atoms with Crippen LogP contribution in [0.5, 0.6) is 0 Å². The van der Waals surface area contributed by atoms with Crippen LogP contribution < -0.4 is 5.32 Å². The summed E-state index contributed by atoms with van der Waals surface area (Å²) >= 11 is 0. The third-order valence-corrected chi connectivity index (χ3v) is 5.32. The molecule has 0 unspecified atom stereocenters. The molecule has 2 aromatic carbocycles. The van der Waals surface area contributed by atoms with E-state index in [4.69, 9.17) is 23.7 Å². The molecular formula is C25H26FNO6. The summed E-state index contributed by atoms with van der Waals surface area (Å²) in [5.41, 5.74) is 2.49. The summed E-state index contributed by atoms with van der Waals surface area (Å²) in [5.74, 6) is -0.722. The van der Waals surface area contributed by atoms with Gasteiger partial charge in [-0.15, -0.1) is 0 Å². The van der Waals surface area contributed by atoms with E-state index in [1.165, 1.54) is 12.1 Å². The number of carbonyl (C=O) groups is 1. The Morgan fingerprint density at radius 2 is 1.94 bits per heavy atom. The van der Waals surface area contributed by atoms with Crippen LogP contribution in [0.1, 0.15) is 23.5 Å². The molecule has 0 spiro atoms. The Kier molecular flexibility index (Phi) is 7.72. The van der Waals surface area contributed by atoms with Gasteiger partial charge in [0, 0.05) is 29.8 Å². The number of allylic oxidation sites excluding steroid dienone is 1. The van der Waals surface area contributed by atoms with Crippen LogP contribution in [0.4, 0.5) is 4.39 Å². The normalized spacial score (nSPS) is 18.1. The monoisotopic (exact) mass is 455 g/mol. The van der Waals surface area contributed by atoms with E-state index in [2.05, 4.69) is 5.32 Å². The molecule has 1 amide bonds. The van der Waals surface area contributed by atoms with E-state index >= 15 is 0 Å². The molecule has 33 heavy (non-hydrogen) atoms. The Morgan fingerprint density at radius 3 is 2.76 bits per heavy atom. The highest BCUT2D eigenvalue weighted by Crippen LogP contribution is 2.36. The highest BCUT2D eigenvalue weighted by molar-refractivity contribution is 5.92. The van der Waals surface area contributed by atoms with Gasteiger partial charge >= 0.3 is 0 Å². The second kappa shape index (κ2) is 11.1. The first-order valence-corrected chi connectivity index (χ1v) is 10.8. The third-order valence-electron chi connectivity index (χ3n) is 5.32. The van der Waals surface area contributed by atoms with Gasteiger partial charge in [-0.05, 0) is 29.8 Å². The summed E-state index contributed by atoms with van der Waals surface area (Å²) in [5, 5.41) is 12.6. The Hall–Kier alpha value is -3.20. The van der Waals surface area contributed by atoms with Crippen molar-refractivity contribution in [3.8, 4) is 0 Å². The van der Waals surface area contributed by atoms with Crippen molar-refractivity contribution in [1.29, 1.82) is 0 Å². The van der Waals surface area contributed by atoms with Gasteiger partial charge < -0.3 is 29.1 Å². The largest absolute Gasteiger partial charge is 0.464 e. The molecule has 0 saturated heterocycles. The van der Waals surface area contributed by atoms with Crippen molar-refractivity contribution in [2.45, 2.75) is 25.2 Å². The zero-order valence-electron chi connectivity index (χ0n) is 18.0. The number of aliphatic hydroxyl groups excluding tert-OH is 1. The average molecular weight is 455 g/mol. The van der Waals surface area contributed by atoms with Gasteiger partial charge in [0.1, 0.15) is 11.4 Å². The summed E-state index contributed by atoms with van der Waals surface area (Å²) in [7, 11) is 0. The van der Waals surface area contributed by atoms with Crippen LogP contribution in [-0.4, -0.2) is 43.7 Å². The molecule has 7 nitrogen and oxygen atoms in total. The lowest BCUT2D eigenvalue weighted by Gasteiger charge is -2.29. The molecule has 1 aliphatic rings. The molecule has 8 heteroatoms. The second-order valence-corrected chi connectivity index (χ2v) is 7.62. The maximum Gasteiger partial charge on any atom is 0.286 e. The molecule has 0 radical (unpaired) electrons. The van der Waals surface area contributed by atoms with Crippen LogP contribution in [0.2, 0.25) is 0 Å². The van der Waals surface area contributed by atoms with Crippen molar-refractivity contribution in [2.24, 2.45) is 0 Å². The maximum atomic E-state index is 13.1. The number of fused-ring (bicyclic) bond motifs is 1. The lowest BCUT2D eigenvalue weighted by molar-refractivity contribution is -0.151. The smallest absolute Gasteiger partial charge is 0.286 e. The van der Waals surface area contributed by atoms with Gasteiger partial charge in [0.15, 0.2) is 5.76 Å². The van der Waals surface area contributed by atoms with E-state index in [0.29, 0.717) is 13.0 Å². The number of hydrogen-bond donors (Lipinski definition) is 2. The van der Waals surface area contributed by atoms with Gasteiger partial charge in [-0.25, -0.2) is 4.39 Å². The number of hydrogen-bond acceptors (Lipinski definition) is 6. The highest BCUT2D eigenvalue weighted by atomic mass is 19.1. The third kappa shape index (κ3) is 5.98.